The first kappa shape index (κ1) is 28.7. The fraction of sp³-hybridized carbons (Fsp3) is 0.333. The summed E-state index contributed by atoms with van der Waals surface area (Å²) in [5.41, 5.74) is 6.15. The van der Waals surface area contributed by atoms with Crippen molar-refractivity contribution in [3.63, 3.8) is 0 Å². The lowest BCUT2D eigenvalue weighted by atomic mass is 10.1. The minimum Gasteiger partial charge on any atom is -0.493 e. The molecule has 0 saturated carbocycles. The van der Waals surface area contributed by atoms with Crippen molar-refractivity contribution in [3.8, 4) is 17.0 Å². The molecule has 0 aliphatic carbocycles. The van der Waals surface area contributed by atoms with E-state index in [1.807, 2.05) is 18.6 Å². The van der Waals surface area contributed by atoms with Gasteiger partial charge in [-0.2, -0.15) is 8.42 Å². The van der Waals surface area contributed by atoms with Crippen LogP contribution in [0.25, 0.3) is 11.3 Å². The minimum absolute atomic E-state index is 0. The molecule has 1 amide bonds. The number of rotatable bonds is 9. The fourth-order valence-corrected chi connectivity index (χ4v) is 5.22. The van der Waals surface area contributed by atoms with Crippen LogP contribution < -0.4 is 20.1 Å². The number of sulfonamides is 1. The van der Waals surface area contributed by atoms with Gasteiger partial charge in [-0.15, -0.1) is 0 Å². The number of hydrogen-bond acceptors (Lipinski definition) is 10. The van der Waals surface area contributed by atoms with E-state index in [2.05, 4.69) is 9.97 Å². The van der Waals surface area contributed by atoms with Crippen molar-refractivity contribution in [2.75, 3.05) is 30.9 Å². The van der Waals surface area contributed by atoms with Gasteiger partial charge in [0.05, 0.1) is 25.0 Å². The van der Waals surface area contributed by atoms with Gasteiger partial charge in [-0.1, -0.05) is 19.9 Å². The van der Waals surface area contributed by atoms with Crippen molar-refractivity contribution < 1.29 is 34.7 Å². The molecule has 3 heterocycles. The molecule has 0 unspecified atom stereocenters. The Hall–Kier alpha value is -4.26. The van der Waals surface area contributed by atoms with Gasteiger partial charge in [0.15, 0.2) is 5.03 Å². The van der Waals surface area contributed by atoms with Crippen LogP contribution in [0.15, 0.2) is 53.6 Å². The smallest absolute Gasteiger partial charge is 0.328 e. The van der Waals surface area contributed by atoms with E-state index >= 15 is 0 Å². The summed E-state index contributed by atoms with van der Waals surface area (Å²) in [5, 5.41) is -0.436. The molecule has 4 rings (SSSR count). The summed E-state index contributed by atoms with van der Waals surface area (Å²) in [6, 6.07) is 10.3. The van der Waals surface area contributed by atoms with Gasteiger partial charge in [-0.05, 0) is 55.2 Å². The van der Waals surface area contributed by atoms with Crippen LogP contribution in [0, 0.1) is 11.7 Å². The fourth-order valence-electron chi connectivity index (χ4n) is 4.27. The zero-order valence-corrected chi connectivity index (χ0v) is 23.1. The number of ether oxygens (including phenoxy) is 2. The summed E-state index contributed by atoms with van der Waals surface area (Å²) >= 11 is 0. The van der Waals surface area contributed by atoms with Crippen molar-refractivity contribution in [2.45, 2.75) is 37.8 Å². The Balaban J connectivity index is 0.00000308. The van der Waals surface area contributed by atoms with Crippen LogP contribution in [0.1, 0.15) is 39.9 Å². The number of hydrogen-bond donors (Lipinski definition) is 2. The number of esters is 1. The van der Waals surface area contributed by atoms with E-state index in [1.54, 1.807) is 11.0 Å². The first-order valence-electron chi connectivity index (χ1n) is 12.6. The number of nitrogens with one attached hydrogen (secondary N) is 1. The highest BCUT2D eigenvalue weighted by atomic mass is 32.2. The van der Waals surface area contributed by atoms with Crippen molar-refractivity contribution in [3.05, 3.63) is 59.9 Å². The Morgan fingerprint density at radius 3 is 2.67 bits per heavy atom. The van der Waals surface area contributed by atoms with Gasteiger partial charge in [0, 0.05) is 21.0 Å². The van der Waals surface area contributed by atoms with Gasteiger partial charge in [0.1, 0.15) is 29.2 Å². The molecule has 0 radical (unpaired) electrons. The van der Waals surface area contributed by atoms with Crippen LogP contribution in [0.3, 0.4) is 0 Å². The molecule has 2 aromatic heterocycles. The van der Waals surface area contributed by atoms with E-state index < -0.39 is 38.8 Å². The van der Waals surface area contributed by atoms with E-state index in [0.29, 0.717) is 37.3 Å². The maximum atomic E-state index is 14.5. The lowest BCUT2D eigenvalue weighted by Crippen LogP contribution is -2.39. The molecule has 1 aliphatic rings. The monoisotopic (exact) mass is 575 g/mol. The van der Waals surface area contributed by atoms with Crippen molar-refractivity contribution in [1.82, 2.24) is 14.7 Å². The second-order valence-electron chi connectivity index (χ2n) is 9.66. The third-order valence-electron chi connectivity index (χ3n) is 6.12. The predicted molar refractivity (Wildman–Crippen MR) is 150 cm³/mol. The van der Waals surface area contributed by atoms with Gasteiger partial charge >= 0.3 is 5.97 Å². The Morgan fingerprint density at radius 1 is 1.20 bits per heavy atom. The number of pyridine rings is 2. The first-order chi connectivity index (χ1) is 19.0. The molecule has 13 heteroatoms. The van der Waals surface area contributed by atoms with E-state index in [1.165, 1.54) is 49.6 Å². The molecule has 3 N–H and O–H groups in total. The topological polar surface area (TPSA) is 154 Å². The van der Waals surface area contributed by atoms with Crippen LogP contribution >= 0.6 is 0 Å². The van der Waals surface area contributed by atoms with Gasteiger partial charge in [-0.3, -0.25) is 4.79 Å². The molecule has 1 saturated heterocycles. The summed E-state index contributed by atoms with van der Waals surface area (Å²) in [7, 11) is -3.13. The van der Waals surface area contributed by atoms with Crippen molar-refractivity contribution >= 4 is 33.5 Å². The van der Waals surface area contributed by atoms with Gasteiger partial charge in [-0.25, -0.2) is 23.9 Å². The maximum Gasteiger partial charge on any atom is 0.328 e. The number of methoxy groups -OCH3 is 1. The summed E-state index contributed by atoms with van der Waals surface area (Å²) in [4.78, 5) is 35.8. The largest absolute Gasteiger partial charge is 0.493 e. The zero-order valence-electron chi connectivity index (χ0n) is 22.3. The number of nitrogens with two attached hydrogens (primary N) is 1. The van der Waals surface area contributed by atoms with Crippen LogP contribution in [0.4, 0.5) is 16.0 Å². The lowest BCUT2D eigenvalue weighted by Gasteiger charge is -2.26. The number of nitrogens with zero attached hydrogens (tertiary/aromatic N) is 3. The van der Waals surface area contributed by atoms with Crippen molar-refractivity contribution in [2.24, 2.45) is 5.92 Å². The molecule has 1 aliphatic heterocycles. The Bertz CT molecular complexity index is 1540. The van der Waals surface area contributed by atoms with E-state index in [9.17, 15) is 22.4 Å². The average molecular weight is 576 g/mol. The number of benzene rings is 1. The van der Waals surface area contributed by atoms with Crippen LogP contribution in [-0.2, 0) is 19.6 Å². The Morgan fingerprint density at radius 2 is 1.98 bits per heavy atom. The van der Waals surface area contributed by atoms with Crippen LogP contribution in [0.5, 0.6) is 5.75 Å². The quantitative estimate of drug-likeness (QED) is 0.361. The first-order valence-corrected chi connectivity index (χ1v) is 14.1. The number of anilines is 2. The number of nitrogen functional groups attached to an aromatic ring is 1. The normalized spacial score (nSPS) is 15.2. The van der Waals surface area contributed by atoms with Crippen molar-refractivity contribution in [1.29, 1.82) is 0 Å². The lowest BCUT2D eigenvalue weighted by molar-refractivity contribution is -0.141. The molecule has 11 nitrogen and oxygen atoms in total. The highest BCUT2D eigenvalue weighted by Gasteiger charge is 2.35. The van der Waals surface area contributed by atoms with E-state index in [-0.39, 0.29) is 31.7 Å². The SMILES string of the molecule is COC(=O)[C@@H]1CCCN1c1nc(-c2cc(F)cc(OCC(C)C)c2)ccc1C(=O)NS(=O)(=O)c1cccc(N)n1.[HH].[HH]. The molecular weight excluding hydrogens is 541 g/mol. The van der Waals surface area contributed by atoms with E-state index in [0.717, 1.165) is 0 Å². The second-order valence-corrected chi connectivity index (χ2v) is 11.3. The molecule has 0 bridgehead atoms. The molecule has 216 valence electrons. The predicted octanol–water partition coefficient (Wildman–Crippen LogP) is 3.65. The molecule has 0 spiro atoms. The van der Waals surface area contributed by atoms with Gasteiger partial charge in [0.2, 0.25) is 0 Å². The summed E-state index contributed by atoms with van der Waals surface area (Å²) in [5.74, 6) is -1.52. The summed E-state index contributed by atoms with van der Waals surface area (Å²) < 4.78 is 52.9. The third-order valence-corrected chi connectivity index (χ3v) is 7.35. The number of amides is 1. The highest BCUT2D eigenvalue weighted by Crippen LogP contribution is 2.32. The van der Waals surface area contributed by atoms with E-state index in [4.69, 9.17) is 15.2 Å². The highest BCUT2D eigenvalue weighted by molar-refractivity contribution is 7.90. The summed E-state index contributed by atoms with van der Waals surface area (Å²) in [6.45, 7) is 4.67. The molecule has 1 aromatic carbocycles. The van der Waals surface area contributed by atoms with Gasteiger partial charge in [0.25, 0.3) is 15.9 Å². The number of carbonyl (C=O) groups excluding carboxylic acids is 2. The number of carbonyl (C=O) groups is 2. The van der Waals surface area contributed by atoms with Crippen LogP contribution in [0.2, 0.25) is 0 Å². The third kappa shape index (κ3) is 6.47. The second kappa shape index (κ2) is 11.9. The standard InChI is InChI=1S/C27H30FN5O6S.2H2/c1-16(2)15-39-19-13-17(12-18(28)14-19)21-10-9-20(25(30-21)33-11-5-6-22(33)27(35)38-3)26(34)32-40(36,37)24-8-4-7-23(29)31-24;;/h4,7-10,12-14,16,22H,5-6,11,15H2,1-3H3,(H2,29,31)(H,32,34);2*1H/t22-;;/m0../s1. The molecule has 40 heavy (non-hydrogen) atoms. The number of halogens is 1. The minimum atomic E-state index is -4.39. The summed E-state index contributed by atoms with van der Waals surface area (Å²) in [6.07, 6.45) is 1.05. The molecule has 3 aromatic rings. The maximum absolute atomic E-state index is 14.5. The Kier molecular flexibility index (Phi) is 8.52. The molecular formula is C27H34FN5O6S. The van der Waals surface area contributed by atoms with Gasteiger partial charge < -0.3 is 20.1 Å². The number of aromatic nitrogens is 2. The molecule has 1 atom stereocenters. The molecule has 1 fully saturated rings. The Labute approximate surface area is 234 Å². The van der Waals surface area contributed by atoms with Crippen LogP contribution in [-0.4, -0.2) is 56.6 Å². The average Bonchev–Trinajstić information content (AvgIpc) is 3.40. The zero-order chi connectivity index (χ0) is 29.0.